The van der Waals surface area contributed by atoms with Crippen molar-refractivity contribution in [3.8, 4) is 5.75 Å². The molecule has 154 valence electrons. The number of phenolic OH excluding ortho intramolecular Hbond substituents is 1. The van der Waals surface area contributed by atoms with Crippen molar-refractivity contribution in [2.45, 2.75) is 59.3 Å². The third-order valence-corrected chi connectivity index (χ3v) is 5.80. The van der Waals surface area contributed by atoms with E-state index in [2.05, 4.69) is 14.7 Å². The van der Waals surface area contributed by atoms with Gasteiger partial charge in [0.05, 0.1) is 11.1 Å². The van der Waals surface area contributed by atoms with Crippen molar-refractivity contribution < 1.29 is 9.90 Å². The fourth-order valence-electron chi connectivity index (χ4n) is 3.34. The molecule has 0 spiro atoms. The van der Waals surface area contributed by atoms with Crippen LogP contribution in [0.1, 0.15) is 68.7 Å². The van der Waals surface area contributed by atoms with E-state index >= 15 is 0 Å². The zero-order valence-corrected chi connectivity index (χ0v) is 18.7. The predicted molar refractivity (Wildman–Crippen MR) is 118 cm³/mol. The number of aromatic amines is 1. The number of H-pyrrole nitrogens is 1. The zero-order valence-electron chi connectivity index (χ0n) is 17.9. The quantitative estimate of drug-likeness (QED) is 0.560. The number of pyridine rings is 1. The van der Waals surface area contributed by atoms with Crippen molar-refractivity contribution in [1.29, 1.82) is 0 Å². The molecule has 29 heavy (non-hydrogen) atoms. The summed E-state index contributed by atoms with van der Waals surface area (Å²) in [4.78, 5) is 29.4. The first-order chi connectivity index (χ1) is 13.3. The number of hydrogen-bond acceptors (Lipinski definition) is 5. The lowest BCUT2D eigenvalue weighted by atomic mass is 9.79. The van der Waals surface area contributed by atoms with Gasteiger partial charge in [0.1, 0.15) is 16.1 Å². The van der Waals surface area contributed by atoms with Crippen LogP contribution in [-0.2, 0) is 10.8 Å². The van der Waals surface area contributed by atoms with E-state index in [0.29, 0.717) is 21.6 Å². The van der Waals surface area contributed by atoms with E-state index in [9.17, 15) is 14.7 Å². The van der Waals surface area contributed by atoms with E-state index < -0.39 is 5.91 Å². The molecular formula is C22H27N3O3S. The highest BCUT2D eigenvalue weighted by Gasteiger charge is 2.27. The third-order valence-electron chi connectivity index (χ3n) is 4.93. The van der Waals surface area contributed by atoms with E-state index in [1.165, 1.54) is 17.7 Å². The van der Waals surface area contributed by atoms with Crippen LogP contribution in [-0.4, -0.2) is 20.4 Å². The first kappa shape index (κ1) is 21.0. The number of carbonyl (C=O) groups is 1. The first-order valence-corrected chi connectivity index (χ1v) is 10.2. The van der Waals surface area contributed by atoms with Gasteiger partial charge < -0.3 is 15.4 Å². The Hall–Kier alpha value is -2.67. The number of aromatic nitrogens is 2. The maximum Gasteiger partial charge on any atom is 0.261 e. The standard InChI is InChI=1S/C22H27N3O3S/c1-11-17-18(27)12(10-23-20(17)29-25-11)19(28)24-15-9-16(26)14(22(5,6)7)8-13(15)21(2,3)4/h8-10,26H,1-7H3,(H,23,27)(H,24,28). The summed E-state index contributed by atoms with van der Waals surface area (Å²) in [6.07, 6.45) is 1.41. The van der Waals surface area contributed by atoms with E-state index in [0.717, 1.165) is 11.1 Å². The second kappa shape index (κ2) is 6.99. The maximum atomic E-state index is 13.0. The second-order valence-electron chi connectivity index (χ2n) is 9.37. The number of aryl methyl sites for hydroxylation is 1. The molecule has 3 rings (SSSR count). The minimum Gasteiger partial charge on any atom is -0.508 e. The first-order valence-electron chi connectivity index (χ1n) is 9.47. The summed E-state index contributed by atoms with van der Waals surface area (Å²) in [6, 6.07) is 3.51. The molecule has 0 aliphatic rings. The normalized spacial score (nSPS) is 12.4. The summed E-state index contributed by atoms with van der Waals surface area (Å²) in [6.45, 7) is 14.0. The van der Waals surface area contributed by atoms with Crippen LogP contribution in [0, 0.1) is 6.92 Å². The molecule has 7 heteroatoms. The Labute approximate surface area is 174 Å². The summed E-state index contributed by atoms with van der Waals surface area (Å²) >= 11 is 1.19. The largest absolute Gasteiger partial charge is 0.508 e. The lowest BCUT2D eigenvalue weighted by Gasteiger charge is -2.28. The van der Waals surface area contributed by atoms with Crippen molar-refractivity contribution in [2.75, 3.05) is 5.32 Å². The molecule has 0 fully saturated rings. The van der Waals surface area contributed by atoms with Gasteiger partial charge in [0.2, 0.25) is 5.43 Å². The van der Waals surface area contributed by atoms with Crippen molar-refractivity contribution in [1.82, 2.24) is 9.36 Å². The summed E-state index contributed by atoms with van der Waals surface area (Å²) in [7, 11) is 0. The number of nitrogens with zero attached hydrogens (tertiary/aromatic N) is 1. The fraction of sp³-hybridized carbons (Fsp3) is 0.409. The number of benzene rings is 1. The average molecular weight is 414 g/mol. The summed E-state index contributed by atoms with van der Waals surface area (Å²) in [5.74, 6) is -0.407. The number of carbonyl (C=O) groups excluding carboxylic acids is 1. The van der Waals surface area contributed by atoms with Gasteiger partial charge in [-0.2, -0.15) is 4.37 Å². The maximum absolute atomic E-state index is 13.0. The van der Waals surface area contributed by atoms with E-state index in [-0.39, 0.29) is 27.6 Å². The van der Waals surface area contributed by atoms with Crippen LogP contribution in [0.2, 0.25) is 0 Å². The fourth-order valence-corrected chi connectivity index (χ4v) is 4.11. The molecule has 3 N–H and O–H groups in total. The van der Waals surface area contributed by atoms with Gasteiger partial charge in [0.25, 0.3) is 5.91 Å². The molecule has 0 bridgehead atoms. The van der Waals surface area contributed by atoms with E-state index in [1.54, 1.807) is 13.0 Å². The van der Waals surface area contributed by atoms with E-state index in [4.69, 9.17) is 0 Å². The van der Waals surface area contributed by atoms with Gasteiger partial charge in [-0.05, 0) is 46.5 Å². The summed E-state index contributed by atoms with van der Waals surface area (Å²) in [5.41, 5.74) is 1.92. The molecule has 0 radical (unpaired) electrons. The Morgan fingerprint density at radius 1 is 1.10 bits per heavy atom. The topological polar surface area (TPSA) is 95.1 Å². The van der Waals surface area contributed by atoms with Gasteiger partial charge in [0.15, 0.2) is 0 Å². The van der Waals surface area contributed by atoms with Gasteiger partial charge in [-0.25, -0.2) is 0 Å². The van der Waals surface area contributed by atoms with Crippen LogP contribution in [0.15, 0.2) is 23.1 Å². The molecule has 6 nitrogen and oxygen atoms in total. The lowest BCUT2D eigenvalue weighted by molar-refractivity contribution is 0.102. The van der Waals surface area contributed by atoms with Crippen molar-refractivity contribution >= 4 is 33.3 Å². The number of phenols is 1. The molecule has 0 aliphatic carbocycles. The van der Waals surface area contributed by atoms with Gasteiger partial charge in [-0.3, -0.25) is 9.59 Å². The van der Waals surface area contributed by atoms with Crippen LogP contribution in [0.4, 0.5) is 5.69 Å². The second-order valence-corrected chi connectivity index (χ2v) is 10.1. The van der Waals surface area contributed by atoms with Gasteiger partial charge in [0, 0.05) is 18.0 Å². The number of nitrogens with one attached hydrogen (secondary N) is 2. The zero-order chi connectivity index (χ0) is 21.7. The third kappa shape index (κ3) is 3.92. The molecule has 2 heterocycles. The summed E-state index contributed by atoms with van der Waals surface area (Å²) in [5, 5.41) is 13.8. The van der Waals surface area contributed by atoms with Gasteiger partial charge in [-0.1, -0.05) is 41.5 Å². The molecule has 0 atom stereocenters. The molecule has 1 aromatic carbocycles. The van der Waals surface area contributed by atoms with Gasteiger partial charge >= 0.3 is 0 Å². The van der Waals surface area contributed by atoms with Crippen molar-refractivity contribution in [3.05, 3.63) is 50.9 Å². The number of fused-ring (bicyclic) bond motifs is 1. The number of anilines is 1. The molecule has 0 aliphatic heterocycles. The number of aromatic hydroxyl groups is 1. The SMILES string of the molecule is Cc1nsc2[nH]cc(C(=O)Nc3cc(O)c(C(C)(C)C)cc3C(C)(C)C)c(=O)c12. The number of hydrogen-bond donors (Lipinski definition) is 3. The van der Waals surface area contributed by atoms with Crippen LogP contribution >= 0.6 is 11.5 Å². The lowest BCUT2D eigenvalue weighted by Crippen LogP contribution is -2.25. The highest BCUT2D eigenvalue weighted by molar-refractivity contribution is 7.12. The molecule has 3 aromatic rings. The number of amides is 1. The predicted octanol–water partition coefficient (Wildman–Crippen LogP) is 4.85. The smallest absolute Gasteiger partial charge is 0.261 e. The van der Waals surface area contributed by atoms with Crippen molar-refractivity contribution in [3.63, 3.8) is 0 Å². The average Bonchev–Trinajstić information content (AvgIpc) is 2.94. The van der Waals surface area contributed by atoms with Gasteiger partial charge in [-0.15, -0.1) is 0 Å². The van der Waals surface area contributed by atoms with Crippen LogP contribution in [0.25, 0.3) is 10.2 Å². The Balaban J connectivity index is 2.09. The highest BCUT2D eigenvalue weighted by atomic mass is 32.1. The van der Waals surface area contributed by atoms with Crippen LogP contribution in [0.3, 0.4) is 0 Å². The Bertz CT molecular complexity index is 1160. The minimum atomic E-state index is -0.521. The highest BCUT2D eigenvalue weighted by Crippen LogP contribution is 2.39. The molecule has 1 amide bonds. The van der Waals surface area contributed by atoms with E-state index in [1.807, 2.05) is 47.6 Å². The monoisotopic (exact) mass is 413 g/mol. The number of rotatable bonds is 2. The Morgan fingerprint density at radius 3 is 2.31 bits per heavy atom. The van der Waals surface area contributed by atoms with Crippen molar-refractivity contribution in [2.24, 2.45) is 0 Å². The van der Waals surface area contributed by atoms with Crippen LogP contribution < -0.4 is 10.7 Å². The minimum absolute atomic E-state index is 0.0139. The molecular weight excluding hydrogens is 386 g/mol. The Kier molecular flexibility index (Phi) is 5.07. The molecule has 0 saturated heterocycles. The molecule has 2 aromatic heterocycles. The molecule has 0 saturated carbocycles. The summed E-state index contributed by atoms with van der Waals surface area (Å²) < 4.78 is 4.18. The molecule has 0 unspecified atom stereocenters. The van der Waals surface area contributed by atoms with Crippen LogP contribution in [0.5, 0.6) is 5.75 Å². The Morgan fingerprint density at radius 2 is 1.72 bits per heavy atom.